The number of carbonyl (C=O) groups is 1. The van der Waals surface area contributed by atoms with Gasteiger partial charge in [0.25, 0.3) is 5.91 Å². The number of aryl methyl sites for hydroxylation is 2. The first kappa shape index (κ1) is 12.8. The Morgan fingerprint density at radius 1 is 1.22 bits per heavy atom. The van der Waals surface area contributed by atoms with Crippen LogP contribution in [-0.2, 0) is 0 Å². The van der Waals surface area contributed by atoms with Crippen molar-refractivity contribution in [2.75, 3.05) is 5.32 Å². The lowest BCUT2D eigenvalue weighted by molar-refractivity contribution is 0.102. The number of pyridine rings is 1. The fourth-order valence-electron chi connectivity index (χ4n) is 1.64. The molecule has 2 rings (SSSR count). The number of hydrogen-bond donors (Lipinski definition) is 1. The molecule has 0 spiro atoms. The van der Waals surface area contributed by atoms with E-state index >= 15 is 0 Å². The Morgan fingerprint density at radius 3 is 2.67 bits per heavy atom. The molecule has 0 aliphatic rings. The maximum absolute atomic E-state index is 12.0. The van der Waals surface area contributed by atoms with Crippen molar-refractivity contribution < 1.29 is 4.79 Å². The second-order valence-corrected chi connectivity index (χ2v) is 4.97. The molecule has 4 heteroatoms. The number of benzene rings is 1. The fraction of sp³-hybridized carbons (Fsp3) is 0.143. The molecule has 92 valence electrons. The second-order valence-electron chi connectivity index (χ2n) is 4.05. The summed E-state index contributed by atoms with van der Waals surface area (Å²) >= 11 is 3.35. The Hall–Kier alpha value is -1.68. The van der Waals surface area contributed by atoms with E-state index in [1.54, 1.807) is 12.1 Å². The van der Waals surface area contributed by atoms with Gasteiger partial charge in [-0.1, -0.05) is 22.0 Å². The van der Waals surface area contributed by atoms with E-state index in [2.05, 4.69) is 26.2 Å². The van der Waals surface area contributed by atoms with Gasteiger partial charge in [-0.15, -0.1) is 0 Å². The van der Waals surface area contributed by atoms with Crippen LogP contribution in [0.1, 0.15) is 21.7 Å². The van der Waals surface area contributed by atoms with Crippen molar-refractivity contribution in [3.63, 3.8) is 0 Å². The van der Waals surface area contributed by atoms with Gasteiger partial charge in [-0.2, -0.15) is 0 Å². The quantitative estimate of drug-likeness (QED) is 0.919. The van der Waals surface area contributed by atoms with E-state index in [-0.39, 0.29) is 5.91 Å². The molecule has 0 fully saturated rings. The highest BCUT2D eigenvalue weighted by Gasteiger charge is 2.08. The van der Waals surface area contributed by atoms with E-state index < -0.39 is 0 Å². The fourth-order valence-corrected chi connectivity index (χ4v) is 2.04. The molecule has 0 aliphatic carbocycles. The smallest absolute Gasteiger partial charge is 0.255 e. The standard InChI is InChI=1S/C14H13BrN2O/c1-9-6-7-13(10(2)16-9)17-14(18)11-4-3-5-12(15)8-11/h3-8H,1-2H3,(H,17,18). The molecule has 3 nitrogen and oxygen atoms in total. The minimum absolute atomic E-state index is 0.134. The molecular weight excluding hydrogens is 292 g/mol. The zero-order valence-corrected chi connectivity index (χ0v) is 11.8. The lowest BCUT2D eigenvalue weighted by Gasteiger charge is -2.08. The van der Waals surface area contributed by atoms with Crippen LogP contribution in [0.3, 0.4) is 0 Å². The van der Waals surface area contributed by atoms with Crippen LogP contribution in [0.25, 0.3) is 0 Å². The highest BCUT2D eigenvalue weighted by Crippen LogP contribution is 2.16. The predicted molar refractivity (Wildman–Crippen MR) is 75.8 cm³/mol. The summed E-state index contributed by atoms with van der Waals surface area (Å²) < 4.78 is 0.883. The molecule has 0 aliphatic heterocycles. The van der Waals surface area contributed by atoms with Crippen molar-refractivity contribution in [2.24, 2.45) is 0 Å². The lowest BCUT2D eigenvalue weighted by Crippen LogP contribution is -2.13. The van der Waals surface area contributed by atoms with Crippen molar-refractivity contribution in [3.8, 4) is 0 Å². The van der Waals surface area contributed by atoms with Crippen LogP contribution in [0.2, 0.25) is 0 Å². The van der Waals surface area contributed by atoms with Gasteiger partial charge in [0.15, 0.2) is 0 Å². The number of rotatable bonds is 2. The molecule has 1 aromatic heterocycles. The highest BCUT2D eigenvalue weighted by molar-refractivity contribution is 9.10. The van der Waals surface area contributed by atoms with Crippen molar-refractivity contribution in [2.45, 2.75) is 13.8 Å². The average Bonchev–Trinajstić information content (AvgIpc) is 2.32. The molecule has 2 aromatic rings. The third kappa shape index (κ3) is 2.96. The van der Waals surface area contributed by atoms with E-state index in [1.165, 1.54) is 0 Å². The van der Waals surface area contributed by atoms with E-state index in [0.29, 0.717) is 5.56 Å². The van der Waals surface area contributed by atoms with Gasteiger partial charge < -0.3 is 5.32 Å². The maximum Gasteiger partial charge on any atom is 0.255 e. The highest BCUT2D eigenvalue weighted by atomic mass is 79.9. The Bertz CT molecular complexity index is 596. The summed E-state index contributed by atoms with van der Waals surface area (Å²) in [7, 11) is 0. The number of nitrogens with zero attached hydrogens (tertiary/aromatic N) is 1. The minimum atomic E-state index is -0.134. The van der Waals surface area contributed by atoms with Crippen LogP contribution in [-0.4, -0.2) is 10.9 Å². The molecule has 0 unspecified atom stereocenters. The van der Waals surface area contributed by atoms with Crippen LogP contribution < -0.4 is 5.32 Å². The minimum Gasteiger partial charge on any atom is -0.320 e. The van der Waals surface area contributed by atoms with Crippen molar-refractivity contribution >= 4 is 27.5 Å². The van der Waals surface area contributed by atoms with E-state index in [0.717, 1.165) is 21.5 Å². The van der Waals surface area contributed by atoms with Crippen LogP contribution in [0.4, 0.5) is 5.69 Å². The third-order valence-corrected chi connectivity index (χ3v) is 3.05. The molecule has 1 heterocycles. The van der Waals surface area contributed by atoms with Crippen LogP contribution in [0, 0.1) is 13.8 Å². The molecule has 0 radical (unpaired) electrons. The van der Waals surface area contributed by atoms with Crippen molar-refractivity contribution in [1.82, 2.24) is 4.98 Å². The van der Waals surface area contributed by atoms with Gasteiger partial charge in [0.1, 0.15) is 0 Å². The summed E-state index contributed by atoms with van der Waals surface area (Å²) in [6, 6.07) is 11.0. The van der Waals surface area contributed by atoms with Crippen molar-refractivity contribution in [3.05, 3.63) is 57.8 Å². The summed E-state index contributed by atoms with van der Waals surface area (Å²) in [6.07, 6.45) is 0. The molecule has 1 aromatic carbocycles. The number of anilines is 1. The first-order valence-electron chi connectivity index (χ1n) is 5.57. The SMILES string of the molecule is Cc1ccc(NC(=O)c2cccc(Br)c2)c(C)n1. The topological polar surface area (TPSA) is 42.0 Å². The van der Waals surface area contributed by atoms with Crippen LogP contribution in [0.15, 0.2) is 40.9 Å². The Kier molecular flexibility index (Phi) is 3.77. The number of carbonyl (C=O) groups excluding carboxylic acids is 1. The van der Waals surface area contributed by atoms with Gasteiger partial charge >= 0.3 is 0 Å². The van der Waals surface area contributed by atoms with Gasteiger partial charge in [-0.25, -0.2) is 0 Å². The number of nitrogens with one attached hydrogen (secondary N) is 1. The lowest BCUT2D eigenvalue weighted by atomic mass is 10.2. The second kappa shape index (κ2) is 5.31. The maximum atomic E-state index is 12.0. The van der Waals surface area contributed by atoms with Gasteiger partial charge in [0.2, 0.25) is 0 Å². The van der Waals surface area contributed by atoms with Gasteiger partial charge in [-0.05, 0) is 44.2 Å². The van der Waals surface area contributed by atoms with Gasteiger partial charge in [0, 0.05) is 15.7 Å². The van der Waals surface area contributed by atoms with Crippen LogP contribution in [0.5, 0.6) is 0 Å². The molecule has 1 amide bonds. The number of halogens is 1. The molecule has 0 saturated heterocycles. The molecule has 0 bridgehead atoms. The monoisotopic (exact) mass is 304 g/mol. The van der Waals surface area contributed by atoms with E-state index in [9.17, 15) is 4.79 Å². The number of amides is 1. The van der Waals surface area contributed by atoms with Crippen LogP contribution >= 0.6 is 15.9 Å². The number of aromatic nitrogens is 1. The largest absolute Gasteiger partial charge is 0.320 e. The van der Waals surface area contributed by atoms with Crippen molar-refractivity contribution in [1.29, 1.82) is 0 Å². The molecular formula is C14H13BrN2O. The summed E-state index contributed by atoms with van der Waals surface area (Å²) in [6.45, 7) is 3.80. The Labute approximate surface area is 114 Å². The van der Waals surface area contributed by atoms with Gasteiger partial charge in [0.05, 0.1) is 11.4 Å². The normalized spacial score (nSPS) is 10.2. The Balaban J connectivity index is 2.21. The first-order chi connectivity index (χ1) is 8.56. The van der Waals surface area contributed by atoms with E-state index in [4.69, 9.17) is 0 Å². The van der Waals surface area contributed by atoms with Gasteiger partial charge in [-0.3, -0.25) is 9.78 Å². The third-order valence-electron chi connectivity index (χ3n) is 2.56. The summed E-state index contributed by atoms with van der Waals surface area (Å²) in [5.41, 5.74) is 3.11. The zero-order valence-electron chi connectivity index (χ0n) is 10.2. The predicted octanol–water partition coefficient (Wildman–Crippen LogP) is 3.71. The summed E-state index contributed by atoms with van der Waals surface area (Å²) in [5.74, 6) is -0.134. The summed E-state index contributed by atoms with van der Waals surface area (Å²) in [5, 5.41) is 2.86. The Morgan fingerprint density at radius 2 is 2.00 bits per heavy atom. The first-order valence-corrected chi connectivity index (χ1v) is 6.37. The average molecular weight is 305 g/mol. The molecule has 1 N–H and O–H groups in total. The zero-order chi connectivity index (χ0) is 13.1. The molecule has 18 heavy (non-hydrogen) atoms. The molecule has 0 atom stereocenters. The number of hydrogen-bond acceptors (Lipinski definition) is 2. The van der Waals surface area contributed by atoms with E-state index in [1.807, 2.05) is 38.1 Å². The summed E-state index contributed by atoms with van der Waals surface area (Å²) in [4.78, 5) is 16.4. The molecule has 0 saturated carbocycles.